The van der Waals surface area contributed by atoms with Crippen LogP contribution in [0, 0.1) is 11.6 Å². The second-order valence-electron chi connectivity index (χ2n) is 4.50. The van der Waals surface area contributed by atoms with Gasteiger partial charge in [-0.25, -0.2) is 23.2 Å². The normalized spacial score (nSPS) is 10.9. The van der Waals surface area contributed by atoms with Gasteiger partial charge in [0.05, 0.1) is 13.8 Å². The van der Waals surface area contributed by atoms with E-state index < -0.39 is 17.6 Å². The lowest BCUT2D eigenvalue weighted by atomic mass is 10.2. The maximum Gasteiger partial charge on any atom is 0.377 e. The smallest absolute Gasteiger partial charge is 0.377 e. The van der Waals surface area contributed by atoms with Crippen LogP contribution in [0.25, 0.3) is 0 Å². The Labute approximate surface area is 120 Å². The maximum absolute atomic E-state index is 13.1. The van der Waals surface area contributed by atoms with Gasteiger partial charge in [0.2, 0.25) is 0 Å². The standard InChI is InChI=1S/C13H14F2N4O2/c1-18(6-9-3-4-10(14)11(15)5-9)8-19-7-16-12(17-19)13(20)21-2/h3-5,7H,6,8H2,1-2H3. The van der Waals surface area contributed by atoms with E-state index >= 15 is 0 Å². The quantitative estimate of drug-likeness (QED) is 0.781. The van der Waals surface area contributed by atoms with E-state index in [4.69, 9.17) is 0 Å². The van der Waals surface area contributed by atoms with Gasteiger partial charge in [0.15, 0.2) is 11.6 Å². The molecule has 0 radical (unpaired) electrons. The van der Waals surface area contributed by atoms with Gasteiger partial charge in [-0.2, -0.15) is 0 Å². The predicted molar refractivity (Wildman–Crippen MR) is 69.2 cm³/mol. The SMILES string of the molecule is COC(=O)c1ncn(CN(C)Cc2ccc(F)c(F)c2)n1. The Balaban J connectivity index is 1.97. The minimum atomic E-state index is -0.880. The first-order valence-corrected chi connectivity index (χ1v) is 6.10. The van der Waals surface area contributed by atoms with E-state index in [-0.39, 0.29) is 5.82 Å². The first-order valence-electron chi connectivity index (χ1n) is 6.10. The molecule has 0 aliphatic heterocycles. The molecule has 0 saturated carbocycles. The van der Waals surface area contributed by atoms with Gasteiger partial charge >= 0.3 is 5.97 Å². The number of ether oxygens (including phenoxy) is 1. The largest absolute Gasteiger partial charge is 0.463 e. The van der Waals surface area contributed by atoms with E-state index in [0.29, 0.717) is 18.8 Å². The average Bonchev–Trinajstić information content (AvgIpc) is 2.90. The predicted octanol–water partition coefficient (Wildman–Crippen LogP) is 1.43. The van der Waals surface area contributed by atoms with Crippen molar-refractivity contribution >= 4 is 5.97 Å². The van der Waals surface area contributed by atoms with Gasteiger partial charge < -0.3 is 4.74 Å². The molecule has 1 heterocycles. The molecule has 0 bridgehead atoms. The highest BCUT2D eigenvalue weighted by Crippen LogP contribution is 2.10. The molecule has 0 N–H and O–H groups in total. The van der Waals surface area contributed by atoms with Gasteiger partial charge in [0, 0.05) is 6.54 Å². The molecule has 0 atom stereocenters. The third-order valence-corrected chi connectivity index (χ3v) is 2.73. The molecule has 0 spiro atoms. The van der Waals surface area contributed by atoms with Crippen molar-refractivity contribution in [1.82, 2.24) is 19.7 Å². The van der Waals surface area contributed by atoms with Gasteiger partial charge in [-0.15, -0.1) is 5.10 Å². The number of aromatic nitrogens is 3. The lowest BCUT2D eigenvalue weighted by Crippen LogP contribution is -2.22. The Hall–Kier alpha value is -2.35. The molecule has 2 rings (SSSR count). The number of esters is 1. The van der Waals surface area contributed by atoms with Crippen LogP contribution in [0.2, 0.25) is 0 Å². The van der Waals surface area contributed by atoms with Crippen molar-refractivity contribution in [1.29, 1.82) is 0 Å². The number of halogens is 2. The van der Waals surface area contributed by atoms with Crippen molar-refractivity contribution in [2.75, 3.05) is 14.2 Å². The summed E-state index contributed by atoms with van der Waals surface area (Å²) >= 11 is 0. The van der Waals surface area contributed by atoms with Crippen LogP contribution in [-0.4, -0.2) is 39.8 Å². The summed E-state index contributed by atoms with van der Waals surface area (Å²) in [6, 6.07) is 3.74. The van der Waals surface area contributed by atoms with E-state index in [0.717, 1.165) is 12.1 Å². The van der Waals surface area contributed by atoms with Crippen LogP contribution in [0.5, 0.6) is 0 Å². The van der Waals surface area contributed by atoms with Gasteiger partial charge in [-0.3, -0.25) is 4.90 Å². The summed E-state index contributed by atoms with van der Waals surface area (Å²) in [5.41, 5.74) is 0.629. The zero-order chi connectivity index (χ0) is 15.4. The minimum Gasteiger partial charge on any atom is -0.463 e. The summed E-state index contributed by atoms with van der Waals surface area (Å²) in [5, 5.41) is 3.95. The van der Waals surface area contributed by atoms with E-state index in [1.807, 2.05) is 4.90 Å². The Morgan fingerprint density at radius 2 is 2.14 bits per heavy atom. The highest BCUT2D eigenvalue weighted by molar-refractivity contribution is 5.84. The topological polar surface area (TPSA) is 60.2 Å². The van der Waals surface area contributed by atoms with Crippen LogP contribution in [0.15, 0.2) is 24.5 Å². The minimum absolute atomic E-state index is 0.0290. The number of carbonyl (C=O) groups excluding carboxylic acids is 1. The summed E-state index contributed by atoms with van der Waals surface area (Å²) in [7, 11) is 3.03. The van der Waals surface area contributed by atoms with Crippen LogP contribution in [0.1, 0.15) is 16.2 Å². The van der Waals surface area contributed by atoms with Crippen molar-refractivity contribution in [3.63, 3.8) is 0 Å². The molecule has 112 valence electrons. The maximum atomic E-state index is 13.1. The first kappa shape index (κ1) is 15.0. The third-order valence-electron chi connectivity index (χ3n) is 2.73. The zero-order valence-corrected chi connectivity index (χ0v) is 11.6. The Morgan fingerprint density at radius 1 is 1.38 bits per heavy atom. The number of hydrogen-bond acceptors (Lipinski definition) is 5. The Bertz CT molecular complexity index is 645. The third kappa shape index (κ3) is 3.82. The number of benzene rings is 1. The molecular formula is C13H14F2N4O2. The monoisotopic (exact) mass is 296 g/mol. The summed E-state index contributed by atoms with van der Waals surface area (Å²) in [6.07, 6.45) is 1.40. The zero-order valence-electron chi connectivity index (χ0n) is 11.6. The summed E-state index contributed by atoms with van der Waals surface area (Å²) in [4.78, 5) is 16.8. The van der Waals surface area contributed by atoms with Crippen molar-refractivity contribution in [2.45, 2.75) is 13.2 Å². The van der Waals surface area contributed by atoms with E-state index in [1.165, 1.54) is 24.2 Å². The number of carbonyl (C=O) groups is 1. The van der Waals surface area contributed by atoms with E-state index in [1.54, 1.807) is 7.05 Å². The van der Waals surface area contributed by atoms with Gasteiger partial charge in [-0.05, 0) is 24.7 Å². The van der Waals surface area contributed by atoms with Crippen LogP contribution >= 0.6 is 0 Å². The van der Waals surface area contributed by atoms with Gasteiger partial charge in [0.25, 0.3) is 5.82 Å². The van der Waals surface area contributed by atoms with Crippen molar-refractivity contribution in [3.05, 3.63) is 47.5 Å². The molecule has 8 heteroatoms. The van der Waals surface area contributed by atoms with Crippen molar-refractivity contribution in [2.24, 2.45) is 0 Å². The highest BCUT2D eigenvalue weighted by Gasteiger charge is 2.12. The number of rotatable bonds is 5. The van der Waals surface area contributed by atoms with Crippen LogP contribution < -0.4 is 0 Å². The Morgan fingerprint density at radius 3 is 2.81 bits per heavy atom. The van der Waals surface area contributed by atoms with Crippen molar-refractivity contribution in [3.8, 4) is 0 Å². The number of methoxy groups -OCH3 is 1. The van der Waals surface area contributed by atoms with Crippen molar-refractivity contribution < 1.29 is 18.3 Å². The van der Waals surface area contributed by atoms with Gasteiger partial charge in [-0.1, -0.05) is 6.07 Å². The molecule has 1 aromatic carbocycles. The molecule has 21 heavy (non-hydrogen) atoms. The summed E-state index contributed by atoms with van der Waals surface area (Å²) in [6.45, 7) is 0.730. The number of hydrogen-bond donors (Lipinski definition) is 0. The number of nitrogens with zero attached hydrogens (tertiary/aromatic N) is 4. The molecular weight excluding hydrogens is 282 g/mol. The first-order chi connectivity index (χ1) is 9.99. The second-order valence-corrected chi connectivity index (χ2v) is 4.50. The molecule has 0 aliphatic rings. The van der Waals surface area contributed by atoms with Crippen LogP contribution in [-0.2, 0) is 18.0 Å². The fraction of sp³-hybridized carbons (Fsp3) is 0.308. The van der Waals surface area contributed by atoms with E-state index in [9.17, 15) is 13.6 Å². The molecule has 6 nitrogen and oxygen atoms in total. The highest BCUT2D eigenvalue weighted by atomic mass is 19.2. The fourth-order valence-corrected chi connectivity index (χ4v) is 1.79. The van der Waals surface area contributed by atoms with Crippen LogP contribution in [0.3, 0.4) is 0 Å². The lowest BCUT2D eigenvalue weighted by molar-refractivity contribution is 0.0585. The second kappa shape index (κ2) is 6.40. The summed E-state index contributed by atoms with van der Waals surface area (Å²) < 4.78 is 31.9. The molecule has 2 aromatic rings. The van der Waals surface area contributed by atoms with Crippen LogP contribution in [0.4, 0.5) is 8.78 Å². The summed E-state index contributed by atoms with van der Waals surface area (Å²) in [5.74, 6) is -2.40. The fourth-order valence-electron chi connectivity index (χ4n) is 1.79. The molecule has 0 aliphatic carbocycles. The Kier molecular flexibility index (Phi) is 4.59. The average molecular weight is 296 g/mol. The molecule has 0 saturated heterocycles. The lowest BCUT2D eigenvalue weighted by Gasteiger charge is -2.16. The molecule has 1 aromatic heterocycles. The molecule has 0 amide bonds. The molecule has 0 fully saturated rings. The molecule has 0 unspecified atom stereocenters. The van der Waals surface area contributed by atoms with E-state index in [2.05, 4.69) is 14.8 Å². The van der Waals surface area contributed by atoms with Gasteiger partial charge in [0.1, 0.15) is 6.33 Å².